The lowest BCUT2D eigenvalue weighted by Crippen LogP contribution is -2.15. The molecule has 0 saturated carbocycles. The predicted molar refractivity (Wildman–Crippen MR) is 74.3 cm³/mol. The number of rotatable bonds is 4. The molecule has 0 saturated heterocycles. The average Bonchev–Trinajstić information content (AvgIpc) is 2.43. The average molecular weight is 292 g/mol. The highest BCUT2D eigenvalue weighted by molar-refractivity contribution is 6.04. The summed E-state index contributed by atoms with van der Waals surface area (Å²) < 4.78 is 31.9. The second-order valence-corrected chi connectivity index (χ2v) is 4.61. The van der Waals surface area contributed by atoms with E-state index in [4.69, 9.17) is 4.74 Å². The van der Waals surface area contributed by atoms with Crippen LogP contribution in [0.2, 0.25) is 0 Å². The van der Waals surface area contributed by atoms with Gasteiger partial charge in [0, 0.05) is 11.9 Å². The van der Waals surface area contributed by atoms with Gasteiger partial charge < -0.3 is 10.1 Å². The van der Waals surface area contributed by atoms with Crippen molar-refractivity contribution in [3.05, 3.63) is 53.9 Å². The van der Waals surface area contributed by atoms with Crippen molar-refractivity contribution in [1.29, 1.82) is 0 Å². The summed E-state index contributed by atoms with van der Waals surface area (Å²) in [6.07, 6.45) is 1.08. The van der Waals surface area contributed by atoms with Crippen LogP contribution in [0.5, 0.6) is 5.75 Å². The van der Waals surface area contributed by atoms with Gasteiger partial charge in [-0.1, -0.05) is 0 Å². The summed E-state index contributed by atoms with van der Waals surface area (Å²) in [7, 11) is 0. The first-order valence-corrected chi connectivity index (χ1v) is 6.35. The van der Waals surface area contributed by atoms with Gasteiger partial charge in [-0.2, -0.15) is 4.39 Å². The summed E-state index contributed by atoms with van der Waals surface area (Å²) in [6.45, 7) is 3.80. The van der Waals surface area contributed by atoms with Crippen LogP contribution in [0.1, 0.15) is 24.2 Å². The van der Waals surface area contributed by atoms with Gasteiger partial charge in [-0.15, -0.1) is 0 Å². The van der Waals surface area contributed by atoms with Crippen molar-refractivity contribution in [3.63, 3.8) is 0 Å². The Morgan fingerprint density at radius 3 is 2.48 bits per heavy atom. The van der Waals surface area contributed by atoms with Gasteiger partial charge in [0.25, 0.3) is 5.91 Å². The van der Waals surface area contributed by atoms with Crippen molar-refractivity contribution in [2.45, 2.75) is 20.0 Å². The molecule has 21 heavy (non-hydrogen) atoms. The summed E-state index contributed by atoms with van der Waals surface area (Å²) in [6, 6.07) is 7.71. The molecule has 110 valence electrons. The predicted octanol–water partition coefficient (Wildman–Crippen LogP) is 3.40. The van der Waals surface area contributed by atoms with E-state index in [1.54, 1.807) is 24.3 Å². The molecular formula is C15H14F2N2O2. The first-order valence-electron chi connectivity index (χ1n) is 6.35. The second-order valence-electron chi connectivity index (χ2n) is 4.61. The minimum atomic E-state index is -1.30. The second kappa shape index (κ2) is 6.30. The number of nitrogens with zero attached hydrogens (tertiary/aromatic N) is 1. The third-order valence-corrected chi connectivity index (χ3v) is 2.58. The van der Waals surface area contributed by atoms with E-state index < -0.39 is 23.2 Å². The van der Waals surface area contributed by atoms with Crippen molar-refractivity contribution in [3.8, 4) is 5.75 Å². The van der Waals surface area contributed by atoms with Gasteiger partial charge in [-0.05, 0) is 44.2 Å². The maximum absolute atomic E-state index is 13.4. The zero-order chi connectivity index (χ0) is 15.4. The fourth-order valence-electron chi connectivity index (χ4n) is 1.68. The van der Waals surface area contributed by atoms with Crippen LogP contribution in [0.3, 0.4) is 0 Å². The van der Waals surface area contributed by atoms with Crippen LogP contribution in [0, 0.1) is 11.8 Å². The van der Waals surface area contributed by atoms with Crippen LogP contribution in [0.25, 0.3) is 0 Å². The smallest absolute Gasteiger partial charge is 0.258 e. The first kappa shape index (κ1) is 14.9. The van der Waals surface area contributed by atoms with E-state index in [-0.39, 0.29) is 6.10 Å². The van der Waals surface area contributed by atoms with Gasteiger partial charge in [0.05, 0.1) is 11.7 Å². The van der Waals surface area contributed by atoms with Gasteiger partial charge in [-0.3, -0.25) is 4.79 Å². The Bertz CT molecular complexity index is 643. The van der Waals surface area contributed by atoms with Crippen LogP contribution < -0.4 is 10.1 Å². The van der Waals surface area contributed by atoms with E-state index in [1.807, 2.05) is 13.8 Å². The number of nitrogens with one attached hydrogen (secondary N) is 1. The molecule has 2 aromatic rings. The van der Waals surface area contributed by atoms with Gasteiger partial charge in [0.1, 0.15) is 5.75 Å². The topological polar surface area (TPSA) is 51.2 Å². The number of amides is 1. The number of anilines is 1. The normalized spacial score (nSPS) is 10.5. The fraction of sp³-hybridized carbons (Fsp3) is 0.200. The molecule has 1 aromatic carbocycles. The molecule has 0 atom stereocenters. The van der Waals surface area contributed by atoms with Crippen molar-refractivity contribution in [1.82, 2.24) is 4.98 Å². The van der Waals surface area contributed by atoms with E-state index in [9.17, 15) is 13.6 Å². The Morgan fingerprint density at radius 2 is 1.86 bits per heavy atom. The van der Waals surface area contributed by atoms with Crippen LogP contribution >= 0.6 is 0 Å². The number of pyridine rings is 1. The Balaban J connectivity index is 2.11. The molecule has 1 aromatic heterocycles. The third-order valence-electron chi connectivity index (χ3n) is 2.58. The molecule has 0 spiro atoms. The Kier molecular flexibility index (Phi) is 4.47. The standard InChI is InChI=1S/C15H14F2N2O2/c1-9(2)21-11-5-3-10(4-6-11)19-15(20)12-7-8-18-14(17)13(12)16/h3-9H,1-2H3,(H,19,20). The summed E-state index contributed by atoms with van der Waals surface area (Å²) in [5.74, 6) is -2.66. The Hall–Kier alpha value is -2.50. The number of benzene rings is 1. The van der Waals surface area contributed by atoms with E-state index >= 15 is 0 Å². The third kappa shape index (κ3) is 3.75. The van der Waals surface area contributed by atoms with Crippen LogP contribution in [-0.4, -0.2) is 17.0 Å². The van der Waals surface area contributed by atoms with Crippen LogP contribution in [0.15, 0.2) is 36.5 Å². The molecule has 0 fully saturated rings. The molecule has 0 aliphatic rings. The zero-order valence-corrected chi connectivity index (χ0v) is 11.6. The van der Waals surface area contributed by atoms with Crippen molar-refractivity contribution < 1.29 is 18.3 Å². The van der Waals surface area contributed by atoms with Crippen LogP contribution in [0.4, 0.5) is 14.5 Å². The molecular weight excluding hydrogens is 278 g/mol. The molecule has 1 N–H and O–H groups in total. The van der Waals surface area contributed by atoms with E-state index in [0.717, 1.165) is 12.3 Å². The molecule has 0 aliphatic heterocycles. The summed E-state index contributed by atoms with van der Waals surface area (Å²) >= 11 is 0. The molecule has 4 nitrogen and oxygen atoms in total. The highest BCUT2D eigenvalue weighted by Crippen LogP contribution is 2.18. The van der Waals surface area contributed by atoms with E-state index in [1.165, 1.54) is 0 Å². The van der Waals surface area contributed by atoms with Gasteiger partial charge in [0.2, 0.25) is 5.95 Å². The maximum Gasteiger partial charge on any atom is 0.258 e. The van der Waals surface area contributed by atoms with Gasteiger partial charge >= 0.3 is 0 Å². The number of ether oxygens (including phenoxy) is 1. The monoisotopic (exact) mass is 292 g/mol. The number of hydrogen-bond donors (Lipinski definition) is 1. The van der Waals surface area contributed by atoms with Crippen molar-refractivity contribution in [2.75, 3.05) is 5.32 Å². The molecule has 0 aliphatic carbocycles. The lowest BCUT2D eigenvalue weighted by molar-refractivity contribution is 0.102. The number of hydrogen-bond acceptors (Lipinski definition) is 3. The summed E-state index contributed by atoms with van der Waals surface area (Å²) in [5, 5.41) is 2.48. The first-order chi connectivity index (χ1) is 9.97. The molecule has 1 amide bonds. The fourth-order valence-corrected chi connectivity index (χ4v) is 1.68. The molecule has 0 radical (unpaired) electrons. The highest BCUT2D eigenvalue weighted by Gasteiger charge is 2.16. The minimum absolute atomic E-state index is 0.0410. The lowest BCUT2D eigenvalue weighted by Gasteiger charge is -2.10. The van der Waals surface area contributed by atoms with Crippen molar-refractivity contribution >= 4 is 11.6 Å². The van der Waals surface area contributed by atoms with E-state index in [2.05, 4.69) is 10.3 Å². The molecule has 2 rings (SSSR count). The number of aromatic nitrogens is 1. The summed E-state index contributed by atoms with van der Waals surface area (Å²) in [4.78, 5) is 15.0. The Morgan fingerprint density at radius 1 is 1.19 bits per heavy atom. The summed E-state index contributed by atoms with van der Waals surface area (Å²) in [5.41, 5.74) is 0.0535. The number of carbonyl (C=O) groups is 1. The van der Waals surface area contributed by atoms with E-state index in [0.29, 0.717) is 11.4 Å². The Labute approximate surface area is 120 Å². The van der Waals surface area contributed by atoms with Gasteiger partial charge in [-0.25, -0.2) is 9.37 Å². The van der Waals surface area contributed by atoms with Crippen LogP contribution in [-0.2, 0) is 0 Å². The molecule has 0 bridgehead atoms. The highest BCUT2D eigenvalue weighted by atomic mass is 19.2. The number of carbonyl (C=O) groups excluding carboxylic acids is 1. The quantitative estimate of drug-likeness (QED) is 0.879. The molecule has 0 unspecified atom stereocenters. The number of halogens is 2. The van der Waals surface area contributed by atoms with Crippen molar-refractivity contribution in [2.24, 2.45) is 0 Å². The largest absolute Gasteiger partial charge is 0.491 e. The minimum Gasteiger partial charge on any atom is -0.491 e. The lowest BCUT2D eigenvalue weighted by atomic mass is 10.2. The maximum atomic E-state index is 13.4. The molecule has 1 heterocycles. The SMILES string of the molecule is CC(C)Oc1ccc(NC(=O)c2ccnc(F)c2F)cc1. The molecule has 6 heteroatoms. The zero-order valence-electron chi connectivity index (χ0n) is 11.6. The van der Waals surface area contributed by atoms with Gasteiger partial charge in [0.15, 0.2) is 5.82 Å².